The number of benzene rings is 2. The summed E-state index contributed by atoms with van der Waals surface area (Å²) in [4.78, 5) is 16.5. The third-order valence-corrected chi connectivity index (χ3v) is 6.75. The van der Waals surface area contributed by atoms with Crippen LogP contribution in [-0.4, -0.2) is 20.6 Å². The Morgan fingerprint density at radius 2 is 1.87 bits per heavy atom. The molecule has 2 atom stereocenters. The largest absolute Gasteiger partial charge is 0.478 e. The molecule has 1 heterocycles. The molecule has 0 aliphatic heterocycles. The van der Waals surface area contributed by atoms with Gasteiger partial charge in [-0.15, -0.1) is 0 Å². The van der Waals surface area contributed by atoms with Crippen LogP contribution in [0.15, 0.2) is 42.5 Å². The summed E-state index contributed by atoms with van der Waals surface area (Å²) in [6, 6.07) is 14.6. The fourth-order valence-corrected chi connectivity index (χ4v) is 5.51. The molecule has 31 heavy (non-hydrogen) atoms. The summed E-state index contributed by atoms with van der Waals surface area (Å²) in [5.74, 6) is 1.29. The molecular formula is C27H34N2O2. The summed E-state index contributed by atoms with van der Waals surface area (Å²) in [7, 11) is 0. The zero-order valence-corrected chi connectivity index (χ0v) is 19.4. The second-order valence-electron chi connectivity index (χ2n) is 10.5. The summed E-state index contributed by atoms with van der Waals surface area (Å²) < 4.78 is 2.41. The van der Waals surface area contributed by atoms with Gasteiger partial charge in [-0.2, -0.15) is 0 Å². The number of carbonyl (C=O) groups is 1. The van der Waals surface area contributed by atoms with E-state index in [-0.39, 0.29) is 5.41 Å². The molecule has 0 bridgehead atoms. The molecule has 4 heteroatoms. The molecule has 3 aromatic rings. The predicted molar refractivity (Wildman–Crippen MR) is 126 cm³/mol. The number of aromatic nitrogens is 2. The van der Waals surface area contributed by atoms with E-state index in [1.54, 1.807) is 12.1 Å². The van der Waals surface area contributed by atoms with E-state index in [1.165, 1.54) is 17.5 Å². The molecule has 0 spiro atoms. The molecule has 0 amide bonds. The van der Waals surface area contributed by atoms with Crippen molar-refractivity contribution in [2.24, 2.45) is 11.3 Å². The molecule has 0 unspecified atom stereocenters. The maximum absolute atomic E-state index is 11.5. The summed E-state index contributed by atoms with van der Waals surface area (Å²) in [5, 5.41) is 9.44. The van der Waals surface area contributed by atoms with Crippen molar-refractivity contribution < 1.29 is 9.90 Å². The SMILES string of the molecule is CC(C)c1ccc(Cc2nc3cc(C(=O)O)ccc3n2[C@@H]2C[C@H](C)CC(C)(C)C2)cc1. The van der Waals surface area contributed by atoms with Crippen molar-refractivity contribution in [2.45, 2.75) is 72.3 Å². The van der Waals surface area contributed by atoms with Crippen LogP contribution >= 0.6 is 0 Å². The van der Waals surface area contributed by atoms with Gasteiger partial charge in [0.2, 0.25) is 0 Å². The number of hydrogen-bond acceptors (Lipinski definition) is 2. The molecule has 1 saturated carbocycles. The van der Waals surface area contributed by atoms with Gasteiger partial charge in [0, 0.05) is 12.5 Å². The van der Waals surface area contributed by atoms with E-state index in [0.717, 1.165) is 36.1 Å². The molecule has 1 aromatic heterocycles. The van der Waals surface area contributed by atoms with Crippen LogP contribution in [-0.2, 0) is 6.42 Å². The number of carboxylic acid groups (broad SMARTS) is 1. The highest BCUT2D eigenvalue weighted by Gasteiger charge is 2.34. The van der Waals surface area contributed by atoms with E-state index in [9.17, 15) is 9.90 Å². The van der Waals surface area contributed by atoms with Crippen LogP contribution in [0.25, 0.3) is 11.0 Å². The van der Waals surface area contributed by atoms with Gasteiger partial charge >= 0.3 is 5.97 Å². The van der Waals surface area contributed by atoms with Crippen molar-refractivity contribution in [1.29, 1.82) is 0 Å². The Morgan fingerprint density at radius 3 is 2.48 bits per heavy atom. The van der Waals surface area contributed by atoms with Gasteiger partial charge in [-0.05, 0) is 65.8 Å². The highest BCUT2D eigenvalue weighted by molar-refractivity contribution is 5.92. The number of carboxylic acids is 1. The molecule has 0 radical (unpaired) electrons. The standard InChI is InChI=1S/C27H34N2O2/c1-17(2)20-8-6-19(7-9-20)13-25-28-23-14-21(26(30)31)10-11-24(23)29(25)22-12-18(3)15-27(4,5)16-22/h6-11,14,17-18,22H,12-13,15-16H2,1-5H3,(H,30,31)/t18-,22+/m0/s1. The van der Waals surface area contributed by atoms with Gasteiger partial charge in [-0.25, -0.2) is 9.78 Å². The van der Waals surface area contributed by atoms with Crippen LogP contribution < -0.4 is 0 Å². The Kier molecular flexibility index (Phi) is 5.67. The zero-order valence-electron chi connectivity index (χ0n) is 19.4. The van der Waals surface area contributed by atoms with Gasteiger partial charge in [0.05, 0.1) is 16.6 Å². The van der Waals surface area contributed by atoms with Gasteiger partial charge in [-0.1, -0.05) is 58.9 Å². The lowest BCUT2D eigenvalue weighted by Gasteiger charge is -2.40. The number of fused-ring (bicyclic) bond motifs is 1. The average molecular weight is 419 g/mol. The van der Waals surface area contributed by atoms with E-state index in [2.05, 4.69) is 63.5 Å². The summed E-state index contributed by atoms with van der Waals surface area (Å²) in [5.41, 5.74) is 4.99. The van der Waals surface area contributed by atoms with E-state index < -0.39 is 5.97 Å². The molecule has 1 aliphatic carbocycles. The second-order valence-corrected chi connectivity index (χ2v) is 10.5. The third-order valence-electron chi connectivity index (χ3n) is 6.75. The molecule has 1 fully saturated rings. The van der Waals surface area contributed by atoms with Gasteiger partial charge in [0.25, 0.3) is 0 Å². The second kappa shape index (κ2) is 8.14. The Labute approximate surface area is 185 Å². The van der Waals surface area contributed by atoms with Crippen LogP contribution in [0.1, 0.15) is 93.2 Å². The smallest absolute Gasteiger partial charge is 0.335 e. The normalized spacial score (nSPS) is 21.0. The van der Waals surface area contributed by atoms with Gasteiger partial charge in [0.15, 0.2) is 0 Å². The number of aromatic carboxylic acids is 1. The molecule has 0 saturated heterocycles. The number of hydrogen-bond donors (Lipinski definition) is 1. The molecule has 164 valence electrons. The predicted octanol–water partition coefficient (Wildman–Crippen LogP) is 6.84. The van der Waals surface area contributed by atoms with E-state index in [4.69, 9.17) is 4.98 Å². The quantitative estimate of drug-likeness (QED) is 0.494. The Bertz CT molecular complexity index is 1090. The molecule has 1 N–H and O–H groups in total. The van der Waals surface area contributed by atoms with Crippen LogP contribution in [0.5, 0.6) is 0 Å². The van der Waals surface area contributed by atoms with Crippen molar-refractivity contribution in [1.82, 2.24) is 9.55 Å². The lowest BCUT2D eigenvalue weighted by Crippen LogP contribution is -2.30. The van der Waals surface area contributed by atoms with Crippen molar-refractivity contribution in [3.8, 4) is 0 Å². The van der Waals surface area contributed by atoms with Gasteiger partial charge in [0.1, 0.15) is 5.82 Å². The fraction of sp³-hybridized carbons (Fsp3) is 0.481. The molecule has 4 nitrogen and oxygen atoms in total. The molecule has 1 aliphatic rings. The van der Waals surface area contributed by atoms with E-state index in [0.29, 0.717) is 23.4 Å². The Morgan fingerprint density at radius 1 is 1.16 bits per heavy atom. The van der Waals surface area contributed by atoms with Crippen molar-refractivity contribution in [3.05, 3.63) is 65.0 Å². The first-order valence-corrected chi connectivity index (χ1v) is 11.5. The van der Waals surface area contributed by atoms with Crippen molar-refractivity contribution in [3.63, 3.8) is 0 Å². The minimum atomic E-state index is -0.908. The highest BCUT2D eigenvalue weighted by Crippen LogP contribution is 2.45. The van der Waals surface area contributed by atoms with Crippen molar-refractivity contribution >= 4 is 17.0 Å². The lowest BCUT2D eigenvalue weighted by atomic mass is 9.70. The van der Waals surface area contributed by atoms with Crippen LogP contribution in [0.3, 0.4) is 0 Å². The fourth-order valence-electron chi connectivity index (χ4n) is 5.51. The topological polar surface area (TPSA) is 55.1 Å². The molecule has 4 rings (SSSR count). The lowest BCUT2D eigenvalue weighted by molar-refractivity contribution is 0.0697. The van der Waals surface area contributed by atoms with Crippen LogP contribution in [0, 0.1) is 11.3 Å². The Hall–Kier alpha value is -2.62. The first-order valence-electron chi connectivity index (χ1n) is 11.5. The monoisotopic (exact) mass is 418 g/mol. The van der Waals surface area contributed by atoms with Crippen molar-refractivity contribution in [2.75, 3.05) is 0 Å². The minimum absolute atomic E-state index is 0.288. The maximum atomic E-state index is 11.5. The van der Waals surface area contributed by atoms with E-state index >= 15 is 0 Å². The number of rotatable bonds is 5. The molecule has 2 aromatic carbocycles. The van der Waals surface area contributed by atoms with Crippen LogP contribution in [0.2, 0.25) is 0 Å². The first-order chi connectivity index (χ1) is 14.6. The van der Waals surface area contributed by atoms with Gasteiger partial charge in [-0.3, -0.25) is 0 Å². The summed E-state index contributed by atoms with van der Waals surface area (Å²) >= 11 is 0. The summed E-state index contributed by atoms with van der Waals surface area (Å²) in [6.07, 6.45) is 4.24. The summed E-state index contributed by atoms with van der Waals surface area (Å²) in [6.45, 7) is 11.5. The minimum Gasteiger partial charge on any atom is -0.478 e. The number of nitrogens with zero attached hydrogens (tertiary/aromatic N) is 2. The Balaban J connectivity index is 1.78. The third kappa shape index (κ3) is 4.53. The first kappa shape index (κ1) is 21.6. The zero-order chi connectivity index (χ0) is 22.3. The van der Waals surface area contributed by atoms with Gasteiger partial charge < -0.3 is 9.67 Å². The number of imidazole rings is 1. The van der Waals surface area contributed by atoms with Crippen LogP contribution in [0.4, 0.5) is 0 Å². The average Bonchev–Trinajstić information content (AvgIpc) is 3.03. The van der Waals surface area contributed by atoms with E-state index in [1.807, 2.05) is 6.07 Å². The highest BCUT2D eigenvalue weighted by atomic mass is 16.4. The molecular weight excluding hydrogens is 384 g/mol. The maximum Gasteiger partial charge on any atom is 0.335 e.